The number of furan rings is 1. The maximum atomic E-state index is 6.70. The SMILES string of the molecule is NC(CNC(/C=C1/CC2C=CC=CC2c2ccc3oc4ccccc4c3c21)N[I-]C1=CC=CCC1)C1=CC=CCC1. The van der Waals surface area contributed by atoms with E-state index in [0.717, 1.165) is 49.8 Å². The molecule has 0 spiro atoms. The van der Waals surface area contributed by atoms with Gasteiger partial charge in [0, 0.05) is 0 Å². The zero-order chi connectivity index (χ0) is 27.6. The Hall–Kier alpha value is -2.97. The molecule has 0 aliphatic heterocycles. The van der Waals surface area contributed by atoms with Gasteiger partial charge in [-0.3, -0.25) is 0 Å². The van der Waals surface area contributed by atoms with Gasteiger partial charge in [0.15, 0.2) is 0 Å². The summed E-state index contributed by atoms with van der Waals surface area (Å²) >= 11 is -0.310. The Morgan fingerprint density at radius 3 is 2.66 bits per heavy atom. The second-order valence-electron chi connectivity index (χ2n) is 11.3. The number of nitrogens with one attached hydrogen (secondary N) is 2. The fourth-order valence-corrected chi connectivity index (χ4v) is 8.68. The van der Waals surface area contributed by atoms with Crippen LogP contribution in [-0.2, 0) is 0 Å². The number of allylic oxidation sites excluding steroid dienone is 12. The third-order valence-corrected chi connectivity index (χ3v) is 11.2. The number of hydrogen-bond donors (Lipinski definition) is 3. The van der Waals surface area contributed by atoms with Gasteiger partial charge >= 0.3 is 254 Å². The van der Waals surface area contributed by atoms with Crippen LogP contribution in [0.2, 0.25) is 0 Å². The van der Waals surface area contributed by atoms with Crippen LogP contribution in [-0.4, -0.2) is 18.8 Å². The number of nitrogens with two attached hydrogens (primary N) is 1. The molecule has 0 fully saturated rings. The van der Waals surface area contributed by atoms with Crippen LogP contribution >= 0.6 is 0 Å². The first-order valence-electron chi connectivity index (χ1n) is 14.8. The number of rotatable bonds is 8. The van der Waals surface area contributed by atoms with Crippen molar-refractivity contribution in [3.63, 3.8) is 0 Å². The van der Waals surface area contributed by atoms with E-state index >= 15 is 0 Å². The van der Waals surface area contributed by atoms with E-state index in [4.69, 9.17) is 10.2 Å². The van der Waals surface area contributed by atoms with Gasteiger partial charge in [0.25, 0.3) is 0 Å². The molecule has 0 saturated heterocycles. The Morgan fingerprint density at radius 1 is 0.951 bits per heavy atom. The van der Waals surface area contributed by atoms with E-state index in [1.165, 1.54) is 33.0 Å². The molecule has 4 aliphatic rings. The first-order chi connectivity index (χ1) is 20.2. The molecule has 0 amide bonds. The summed E-state index contributed by atoms with van der Waals surface area (Å²) in [5.41, 5.74) is 14.1. The van der Waals surface area contributed by atoms with Crippen LogP contribution in [0.3, 0.4) is 0 Å². The summed E-state index contributed by atoms with van der Waals surface area (Å²) in [6, 6.07) is 12.9. The first-order valence-corrected chi connectivity index (χ1v) is 17.0. The van der Waals surface area contributed by atoms with Crippen LogP contribution in [0.25, 0.3) is 27.5 Å². The second kappa shape index (κ2) is 12.1. The first kappa shape index (κ1) is 26.9. The van der Waals surface area contributed by atoms with Gasteiger partial charge in [-0.25, -0.2) is 0 Å². The molecule has 2 aromatic carbocycles. The summed E-state index contributed by atoms with van der Waals surface area (Å²) in [4.78, 5) is 0. The van der Waals surface area contributed by atoms with Crippen molar-refractivity contribution in [1.82, 2.24) is 8.85 Å². The molecule has 0 bridgehead atoms. The van der Waals surface area contributed by atoms with Crippen LogP contribution in [0.1, 0.15) is 49.1 Å². The molecule has 4 N–H and O–H groups in total. The Morgan fingerprint density at radius 2 is 1.80 bits per heavy atom. The zero-order valence-corrected chi connectivity index (χ0v) is 25.4. The third-order valence-electron chi connectivity index (χ3n) is 8.66. The summed E-state index contributed by atoms with van der Waals surface area (Å²) < 4.78 is 11.9. The topological polar surface area (TPSA) is 63.2 Å². The van der Waals surface area contributed by atoms with E-state index in [9.17, 15) is 0 Å². The second-order valence-corrected chi connectivity index (χ2v) is 13.9. The van der Waals surface area contributed by atoms with Gasteiger partial charge in [0.05, 0.1) is 0 Å². The average Bonchev–Trinajstić information content (AvgIpc) is 3.42. The van der Waals surface area contributed by atoms with E-state index in [2.05, 4.69) is 112 Å². The van der Waals surface area contributed by atoms with Crippen molar-refractivity contribution in [3.05, 3.63) is 124 Å². The molecule has 4 unspecified atom stereocenters. The Bertz CT molecular complexity index is 1670. The summed E-state index contributed by atoms with van der Waals surface area (Å²) in [6.45, 7) is 0.740. The molecule has 210 valence electrons. The zero-order valence-electron chi connectivity index (χ0n) is 23.2. The van der Waals surface area contributed by atoms with Gasteiger partial charge < -0.3 is 0 Å². The Labute approximate surface area is 253 Å². The van der Waals surface area contributed by atoms with Crippen molar-refractivity contribution in [2.24, 2.45) is 11.7 Å². The molecule has 7 rings (SSSR count). The van der Waals surface area contributed by atoms with E-state index in [0.29, 0.717) is 11.8 Å². The summed E-state index contributed by atoms with van der Waals surface area (Å²) in [6.07, 6.45) is 30.4. The molecule has 4 atom stereocenters. The standard InChI is InChI=1S/C36H37IN3O/c38-31(24-11-3-1-4-12-24)23-39-34(40-37-27-14-5-2-6-15-27)22-26-21-25-13-7-8-16-28(25)29-19-20-33-36(35(26)29)30-17-9-10-18-32(30)41-33/h1-3,5,7-11,13-14,16-20,22,25,28,31,34,39-40H,4,6,12,15,21,23,38H2/q-1/b26-22-. The van der Waals surface area contributed by atoms with Crippen molar-refractivity contribution in [1.29, 1.82) is 0 Å². The van der Waals surface area contributed by atoms with E-state index in [1.807, 2.05) is 0 Å². The molecule has 5 heteroatoms. The maximum absolute atomic E-state index is 6.70. The van der Waals surface area contributed by atoms with Crippen LogP contribution in [0.5, 0.6) is 0 Å². The van der Waals surface area contributed by atoms with Gasteiger partial charge in [-0.1, -0.05) is 0 Å². The van der Waals surface area contributed by atoms with Gasteiger partial charge in [0.1, 0.15) is 0 Å². The predicted molar refractivity (Wildman–Crippen MR) is 167 cm³/mol. The van der Waals surface area contributed by atoms with Gasteiger partial charge in [-0.2, -0.15) is 0 Å². The number of benzene rings is 2. The number of para-hydroxylation sites is 1. The van der Waals surface area contributed by atoms with E-state index in [1.54, 1.807) is 3.58 Å². The molecule has 1 aromatic heterocycles. The minimum absolute atomic E-state index is 0.0108. The molecule has 4 nitrogen and oxygen atoms in total. The van der Waals surface area contributed by atoms with Crippen molar-refractivity contribution in [2.45, 2.75) is 50.2 Å². The average molecular weight is 655 g/mol. The van der Waals surface area contributed by atoms with Gasteiger partial charge in [0.2, 0.25) is 0 Å². The Kier molecular flexibility index (Phi) is 7.94. The minimum atomic E-state index is -0.310. The number of hydrogen-bond acceptors (Lipinski definition) is 4. The third kappa shape index (κ3) is 5.61. The van der Waals surface area contributed by atoms with E-state index in [-0.39, 0.29) is 33.7 Å². The number of halogens is 1. The molecule has 0 radical (unpaired) electrons. The normalized spacial score (nSPS) is 24.0. The van der Waals surface area contributed by atoms with Gasteiger partial charge in [-0.15, -0.1) is 0 Å². The number of fused-ring (bicyclic) bond motifs is 7. The van der Waals surface area contributed by atoms with E-state index < -0.39 is 0 Å². The quantitative estimate of drug-likeness (QED) is 0.190. The van der Waals surface area contributed by atoms with Gasteiger partial charge in [-0.05, 0) is 0 Å². The van der Waals surface area contributed by atoms with Crippen LogP contribution in [0, 0.1) is 5.92 Å². The summed E-state index contributed by atoms with van der Waals surface area (Å²) in [5, 5.41) is 6.28. The van der Waals surface area contributed by atoms with Crippen LogP contribution in [0.15, 0.2) is 117 Å². The monoisotopic (exact) mass is 654 g/mol. The van der Waals surface area contributed by atoms with Crippen molar-refractivity contribution < 1.29 is 25.9 Å². The molecule has 3 aromatic rings. The van der Waals surface area contributed by atoms with Crippen LogP contribution in [0.4, 0.5) is 0 Å². The fourth-order valence-electron chi connectivity index (χ4n) is 6.57. The van der Waals surface area contributed by atoms with Crippen molar-refractivity contribution >= 4 is 27.5 Å². The molecular weight excluding hydrogens is 617 g/mol. The van der Waals surface area contributed by atoms with Crippen LogP contribution < -0.4 is 36.1 Å². The molecule has 0 saturated carbocycles. The fraction of sp³-hybridized carbons (Fsp3) is 0.278. The molecular formula is C36H37IN3O-. The summed E-state index contributed by atoms with van der Waals surface area (Å²) in [7, 11) is 0. The summed E-state index contributed by atoms with van der Waals surface area (Å²) in [5.74, 6) is 0.841. The predicted octanol–water partition coefficient (Wildman–Crippen LogP) is 4.55. The Balaban J connectivity index is 1.28. The van der Waals surface area contributed by atoms with Crippen molar-refractivity contribution in [2.75, 3.05) is 6.54 Å². The molecule has 1 heterocycles. The molecule has 4 aliphatic carbocycles. The van der Waals surface area contributed by atoms with Crippen molar-refractivity contribution in [3.8, 4) is 0 Å². The molecule has 41 heavy (non-hydrogen) atoms.